The zero-order valence-electron chi connectivity index (χ0n) is 14.4. The van der Waals surface area contributed by atoms with Crippen molar-refractivity contribution in [3.63, 3.8) is 0 Å². The van der Waals surface area contributed by atoms with Gasteiger partial charge in [0, 0.05) is 28.2 Å². The highest BCUT2D eigenvalue weighted by molar-refractivity contribution is 8.12. The maximum Gasteiger partial charge on any atom is 0.298 e. The number of benzene rings is 2. The van der Waals surface area contributed by atoms with Gasteiger partial charge in [-0.05, 0) is 31.2 Å². The van der Waals surface area contributed by atoms with Crippen LogP contribution in [0.1, 0.15) is 37.3 Å². The Morgan fingerprint density at radius 3 is 2.60 bits per heavy atom. The van der Waals surface area contributed by atoms with E-state index >= 15 is 0 Å². The summed E-state index contributed by atoms with van der Waals surface area (Å²) in [4.78, 5) is 12.0. The van der Waals surface area contributed by atoms with Crippen LogP contribution in [0.2, 0.25) is 5.02 Å². The van der Waals surface area contributed by atoms with E-state index < -0.39 is 5.60 Å². The molecular weight excluding hydrogens is 356 g/mol. The van der Waals surface area contributed by atoms with Crippen LogP contribution in [0.3, 0.4) is 0 Å². The Hall–Kier alpha value is -1.53. The number of hydrogen-bond donors (Lipinski definition) is 3. The molecule has 0 fully saturated rings. The summed E-state index contributed by atoms with van der Waals surface area (Å²) in [5.41, 5.74) is 0.751. The Morgan fingerprint density at radius 2 is 1.96 bits per heavy atom. The van der Waals surface area contributed by atoms with Crippen molar-refractivity contribution in [2.24, 2.45) is 0 Å². The maximum absolute atomic E-state index is 12.0. The maximum atomic E-state index is 12.0. The van der Waals surface area contributed by atoms with Gasteiger partial charge in [-0.1, -0.05) is 67.8 Å². The third-order valence-electron chi connectivity index (χ3n) is 4.00. The second-order valence-electron chi connectivity index (χ2n) is 5.74. The minimum Gasteiger partial charge on any atom is -0.380 e. The van der Waals surface area contributed by atoms with Crippen molar-refractivity contribution in [3.05, 3.63) is 64.7 Å². The first-order chi connectivity index (χ1) is 12.0. The molecule has 0 aromatic heterocycles. The van der Waals surface area contributed by atoms with Gasteiger partial charge in [-0.3, -0.25) is 9.52 Å². The summed E-state index contributed by atoms with van der Waals surface area (Å²) in [5.74, 6) is 0. The lowest BCUT2D eigenvalue weighted by molar-refractivity contribution is 0.0692. The SMILES string of the molecule is CCCCC(O)(c1ccccc1)c1ccc(Cl)cc1NC(=O)SNC. The Labute approximate surface area is 158 Å². The lowest BCUT2D eigenvalue weighted by Crippen LogP contribution is -2.29. The molecule has 2 aromatic carbocycles. The van der Waals surface area contributed by atoms with Crippen LogP contribution in [0.15, 0.2) is 48.5 Å². The lowest BCUT2D eigenvalue weighted by Gasteiger charge is -2.31. The molecular formula is C19H23ClN2O2S. The summed E-state index contributed by atoms with van der Waals surface area (Å²) in [6, 6.07) is 14.7. The molecule has 1 atom stereocenters. The number of hydrogen-bond acceptors (Lipinski definition) is 4. The van der Waals surface area contributed by atoms with Gasteiger partial charge in [0.25, 0.3) is 5.24 Å². The van der Waals surface area contributed by atoms with Crippen molar-refractivity contribution in [1.29, 1.82) is 0 Å². The fourth-order valence-electron chi connectivity index (χ4n) is 2.79. The molecule has 0 spiro atoms. The van der Waals surface area contributed by atoms with Crippen LogP contribution in [0.4, 0.5) is 10.5 Å². The molecule has 2 rings (SSSR count). The first-order valence-electron chi connectivity index (χ1n) is 8.23. The molecule has 3 N–H and O–H groups in total. The standard InChI is InChI=1S/C19H23ClN2O2S/c1-3-4-12-19(24,14-8-6-5-7-9-14)16-11-10-15(20)13-17(16)22-18(23)25-21-2/h5-11,13,21,24H,3-4,12H2,1-2H3,(H,22,23). The number of anilines is 1. The molecule has 0 saturated heterocycles. The Morgan fingerprint density at radius 1 is 1.24 bits per heavy atom. The molecule has 25 heavy (non-hydrogen) atoms. The van der Waals surface area contributed by atoms with Gasteiger partial charge in [-0.25, -0.2) is 0 Å². The van der Waals surface area contributed by atoms with E-state index in [-0.39, 0.29) is 5.24 Å². The van der Waals surface area contributed by atoms with Gasteiger partial charge in [0.2, 0.25) is 0 Å². The topological polar surface area (TPSA) is 61.4 Å². The van der Waals surface area contributed by atoms with E-state index in [0.717, 1.165) is 30.4 Å². The van der Waals surface area contributed by atoms with E-state index in [0.29, 0.717) is 22.7 Å². The molecule has 0 bridgehead atoms. The van der Waals surface area contributed by atoms with E-state index in [1.807, 2.05) is 30.3 Å². The normalized spacial score (nSPS) is 13.3. The average molecular weight is 379 g/mol. The van der Waals surface area contributed by atoms with Crippen LogP contribution >= 0.6 is 23.5 Å². The molecule has 2 aromatic rings. The molecule has 0 heterocycles. The Bertz CT molecular complexity index is 712. The minimum atomic E-state index is -1.20. The number of carbonyl (C=O) groups is 1. The second kappa shape index (κ2) is 9.25. The van der Waals surface area contributed by atoms with E-state index in [1.165, 1.54) is 0 Å². The van der Waals surface area contributed by atoms with E-state index in [9.17, 15) is 9.90 Å². The summed E-state index contributed by atoms with van der Waals surface area (Å²) >= 11 is 7.06. The smallest absolute Gasteiger partial charge is 0.298 e. The van der Waals surface area contributed by atoms with Crippen LogP contribution in [0.25, 0.3) is 0 Å². The summed E-state index contributed by atoms with van der Waals surface area (Å²) in [7, 11) is 1.67. The van der Waals surface area contributed by atoms with Crippen molar-refractivity contribution >= 4 is 34.5 Å². The summed E-state index contributed by atoms with van der Waals surface area (Å²) in [6.45, 7) is 2.08. The Balaban J connectivity index is 2.51. The van der Waals surface area contributed by atoms with Crippen molar-refractivity contribution in [3.8, 4) is 0 Å². The largest absolute Gasteiger partial charge is 0.380 e. The second-order valence-corrected chi connectivity index (χ2v) is 7.16. The number of unbranched alkanes of at least 4 members (excludes halogenated alkanes) is 1. The fraction of sp³-hybridized carbons (Fsp3) is 0.316. The van der Waals surface area contributed by atoms with Gasteiger partial charge in [-0.2, -0.15) is 0 Å². The molecule has 0 saturated carbocycles. The van der Waals surface area contributed by atoms with Gasteiger partial charge in [0.05, 0.1) is 0 Å². The third kappa shape index (κ3) is 4.98. The van der Waals surface area contributed by atoms with Crippen molar-refractivity contribution in [2.75, 3.05) is 12.4 Å². The molecule has 0 aliphatic carbocycles. The van der Waals surface area contributed by atoms with Crippen LogP contribution in [-0.2, 0) is 5.60 Å². The fourth-order valence-corrected chi connectivity index (χ4v) is 3.31. The molecule has 134 valence electrons. The summed E-state index contributed by atoms with van der Waals surface area (Å²) in [5, 5.41) is 14.6. The summed E-state index contributed by atoms with van der Waals surface area (Å²) in [6.07, 6.45) is 2.36. The molecule has 6 heteroatoms. The van der Waals surface area contributed by atoms with Crippen LogP contribution in [0.5, 0.6) is 0 Å². The predicted molar refractivity (Wildman–Crippen MR) is 106 cm³/mol. The molecule has 1 amide bonds. The highest BCUT2D eigenvalue weighted by atomic mass is 35.5. The van der Waals surface area contributed by atoms with Crippen LogP contribution < -0.4 is 10.0 Å². The van der Waals surface area contributed by atoms with Gasteiger partial charge in [0.1, 0.15) is 5.60 Å². The quantitative estimate of drug-likeness (QED) is 0.582. The molecule has 0 radical (unpaired) electrons. The van der Waals surface area contributed by atoms with Gasteiger partial charge in [0.15, 0.2) is 0 Å². The molecule has 0 aliphatic rings. The van der Waals surface area contributed by atoms with Crippen molar-refractivity contribution in [1.82, 2.24) is 4.72 Å². The average Bonchev–Trinajstić information content (AvgIpc) is 2.61. The first-order valence-corrected chi connectivity index (χ1v) is 9.43. The number of nitrogens with one attached hydrogen (secondary N) is 2. The molecule has 1 unspecified atom stereocenters. The van der Waals surface area contributed by atoms with Gasteiger partial charge < -0.3 is 10.4 Å². The van der Waals surface area contributed by atoms with Gasteiger partial charge >= 0.3 is 0 Å². The van der Waals surface area contributed by atoms with Crippen molar-refractivity contribution < 1.29 is 9.90 Å². The number of amides is 1. The van der Waals surface area contributed by atoms with E-state index in [4.69, 9.17) is 11.6 Å². The van der Waals surface area contributed by atoms with Crippen molar-refractivity contribution in [2.45, 2.75) is 31.8 Å². The molecule has 4 nitrogen and oxygen atoms in total. The number of halogens is 1. The van der Waals surface area contributed by atoms with Crippen LogP contribution in [0, 0.1) is 0 Å². The zero-order chi connectivity index (χ0) is 18.3. The number of aliphatic hydroxyl groups is 1. The summed E-state index contributed by atoms with van der Waals surface area (Å²) < 4.78 is 2.74. The zero-order valence-corrected chi connectivity index (χ0v) is 16.0. The number of rotatable bonds is 7. The highest BCUT2D eigenvalue weighted by Gasteiger charge is 2.33. The lowest BCUT2D eigenvalue weighted by atomic mass is 9.81. The minimum absolute atomic E-state index is 0.267. The molecule has 0 aliphatic heterocycles. The van der Waals surface area contributed by atoms with Gasteiger partial charge in [-0.15, -0.1) is 0 Å². The number of carbonyl (C=O) groups excluding carboxylic acids is 1. The monoisotopic (exact) mass is 378 g/mol. The van der Waals surface area contributed by atoms with E-state index in [1.54, 1.807) is 25.2 Å². The predicted octanol–water partition coefficient (Wildman–Crippen LogP) is 5.17. The van der Waals surface area contributed by atoms with E-state index in [2.05, 4.69) is 17.0 Å². The highest BCUT2D eigenvalue weighted by Crippen LogP contribution is 2.39. The van der Waals surface area contributed by atoms with Crippen LogP contribution in [-0.4, -0.2) is 17.4 Å². The first kappa shape index (κ1) is 19.8. The third-order valence-corrected chi connectivity index (χ3v) is 4.73. The Kier molecular flexibility index (Phi) is 7.32.